The number of nitrogens with zero attached hydrogens (tertiary/aromatic N) is 3. The summed E-state index contributed by atoms with van der Waals surface area (Å²) >= 11 is 0. The van der Waals surface area contributed by atoms with Crippen LogP contribution < -0.4 is 0 Å². The molecule has 0 amide bonds. The zero-order valence-corrected chi connectivity index (χ0v) is 9.32. The van der Waals surface area contributed by atoms with E-state index in [9.17, 15) is 0 Å². The van der Waals surface area contributed by atoms with E-state index in [0.29, 0.717) is 12.2 Å². The van der Waals surface area contributed by atoms with Crippen LogP contribution in [0.25, 0.3) is 0 Å². The highest BCUT2D eigenvalue weighted by atomic mass is 16.2. The van der Waals surface area contributed by atoms with Crippen molar-refractivity contribution >= 4 is 11.5 Å². The van der Waals surface area contributed by atoms with E-state index < -0.39 is 0 Å². The first-order valence-corrected chi connectivity index (χ1v) is 5.41. The lowest BCUT2D eigenvalue weighted by atomic mass is 10.1. The van der Waals surface area contributed by atoms with Crippen molar-refractivity contribution in [2.45, 2.75) is 6.42 Å². The number of aromatic nitrogens is 1. The molecule has 0 atom stereocenters. The maximum absolute atomic E-state index is 8.94. The fraction of sp³-hybridized carbons (Fsp3) is 0.154. The number of rotatable bonds is 4. The van der Waals surface area contributed by atoms with E-state index in [-0.39, 0.29) is 6.61 Å². The van der Waals surface area contributed by atoms with E-state index in [1.807, 2.05) is 36.4 Å². The third-order valence-electron chi connectivity index (χ3n) is 2.28. The number of azo groups is 1. The van der Waals surface area contributed by atoms with Gasteiger partial charge in [0.1, 0.15) is 0 Å². The lowest BCUT2D eigenvalue weighted by Gasteiger charge is -2.01. The molecule has 1 N–H and O–H groups in total. The first-order chi connectivity index (χ1) is 8.40. The summed E-state index contributed by atoms with van der Waals surface area (Å²) in [7, 11) is 0. The first kappa shape index (κ1) is 11.4. The lowest BCUT2D eigenvalue weighted by Crippen LogP contribution is -1.90. The Bertz CT molecular complexity index is 497. The largest absolute Gasteiger partial charge is 0.396 e. The van der Waals surface area contributed by atoms with E-state index in [1.54, 1.807) is 12.3 Å². The Balaban J connectivity index is 2.21. The van der Waals surface area contributed by atoms with Crippen molar-refractivity contribution < 1.29 is 5.11 Å². The monoisotopic (exact) mass is 227 g/mol. The van der Waals surface area contributed by atoms with Gasteiger partial charge in [0.2, 0.25) is 0 Å². The van der Waals surface area contributed by atoms with Crippen molar-refractivity contribution in [1.29, 1.82) is 0 Å². The van der Waals surface area contributed by atoms with Gasteiger partial charge in [0.05, 0.1) is 5.69 Å². The van der Waals surface area contributed by atoms with Gasteiger partial charge in [-0.3, -0.25) is 0 Å². The van der Waals surface area contributed by atoms with Crippen molar-refractivity contribution in [3.63, 3.8) is 0 Å². The highest BCUT2D eigenvalue weighted by Crippen LogP contribution is 2.21. The van der Waals surface area contributed by atoms with Crippen LogP contribution in [0.4, 0.5) is 11.5 Å². The standard InChI is InChI=1S/C13H13N3O/c17-10-8-11-5-1-2-6-12(11)15-16-13-7-3-4-9-14-13/h1-7,9,17H,8,10H2. The summed E-state index contributed by atoms with van der Waals surface area (Å²) in [6.07, 6.45) is 2.26. The zero-order valence-electron chi connectivity index (χ0n) is 9.32. The van der Waals surface area contributed by atoms with E-state index in [2.05, 4.69) is 15.2 Å². The summed E-state index contributed by atoms with van der Waals surface area (Å²) in [4.78, 5) is 4.06. The molecule has 0 spiro atoms. The molecular weight excluding hydrogens is 214 g/mol. The molecule has 4 nitrogen and oxygen atoms in total. The highest BCUT2D eigenvalue weighted by Gasteiger charge is 1.99. The third-order valence-corrected chi connectivity index (χ3v) is 2.28. The average molecular weight is 227 g/mol. The van der Waals surface area contributed by atoms with Crippen LogP contribution in [-0.4, -0.2) is 16.7 Å². The number of hydrogen-bond acceptors (Lipinski definition) is 4. The van der Waals surface area contributed by atoms with Gasteiger partial charge in [-0.1, -0.05) is 24.3 Å². The maximum atomic E-state index is 8.94. The molecule has 0 bridgehead atoms. The minimum Gasteiger partial charge on any atom is -0.396 e. The van der Waals surface area contributed by atoms with Crippen molar-refractivity contribution in [1.82, 2.24) is 4.98 Å². The molecule has 0 radical (unpaired) electrons. The number of pyridine rings is 1. The van der Waals surface area contributed by atoms with Crippen molar-refractivity contribution in [3.05, 3.63) is 54.2 Å². The molecule has 0 fully saturated rings. The number of aliphatic hydroxyl groups excluding tert-OH is 1. The van der Waals surface area contributed by atoms with Crippen LogP contribution in [0.1, 0.15) is 5.56 Å². The molecule has 0 saturated heterocycles. The number of benzene rings is 1. The minimum atomic E-state index is 0.107. The van der Waals surface area contributed by atoms with E-state index in [1.165, 1.54) is 0 Å². The molecular formula is C13H13N3O. The summed E-state index contributed by atoms with van der Waals surface area (Å²) in [6, 6.07) is 13.1. The molecule has 2 aromatic rings. The molecule has 1 aromatic carbocycles. The predicted octanol–water partition coefficient (Wildman–Crippen LogP) is 3.03. The van der Waals surface area contributed by atoms with Crippen LogP contribution in [0.5, 0.6) is 0 Å². The molecule has 1 aromatic heterocycles. The minimum absolute atomic E-state index is 0.107. The molecule has 17 heavy (non-hydrogen) atoms. The van der Waals surface area contributed by atoms with Crippen molar-refractivity contribution in [2.75, 3.05) is 6.61 Å². The number of aliphatic hydroxyl groups is 1. The second-order valence-electron chi connectivity index (χ2n) is 3.49. The SMILES string of the molecule is OCCc1ccccc1N=Nc1ccccn1. The molecule has 1 heterocycles. The van der Waals surface area contributed by atoms with E-state index in [4.69, 9.17) is 5.11 Å². The normalized spacial score (nSPS) is 10.9. The van der Waals surface area contributed by atoms with Gasteiger partial charge in [0, 0.05) is 12.8 Å². The molecule has 4 heteroatoms. The van der Waals surface area contributed by atoms with Gasteiger partial charge in [0.15, 0.2) is 5.82 Å². The molecule has 0 aliphatic rings. The Morgan fingerprint density at radius 1 is 1.00 bits per heavy atom. The Morgan fingerprint density at radius 3 is 2.59 bits per heavy atom. The Labute approximate surface area is 99.7 Å². The van der Waals surface area contributed by atoms with E-state index >= 15 is 0 Å². The molecule has 0 aliphatic heterocycles. The van der Waals surface area contributed by atoms with Gasteiger partial charge >= 0.3 is 0 Å². The van der Waals surface area contributed by atoms with Crippen LogP contribution >= 0.6 is 0 Å². The van der Waals surface area contributed by atoms with Crippen LogP contribution in [0, 0.1) is 0 Å². The van der Waals surface area contributed by atoms with Crippen LogP contribution in [0.3, 0.4) is 0 Å². The van der Waals surface area contributed by atoms with Gasteiger partial charge in [-0.2, -0.15) is 0 Å². The quantitative estimate of drug-likeness (QED) is 0.816. The van der Waals surface area contributed by atoms with Gasteiger partial charge < -0.3 is 5.11 Å². The fourth-order valence-corrected chi connectivity index (χ4v) is 1.46. The van der Waals surface area contributed by atoms with Crippen LogP contribution in [0.15, 0.2) is 58.9 Å². The highest BCUT2D eigenvalue weighted by molar-refractivity contribution is 5.45. The first-order valence-electron chi connectivity index (χ1n) is 5.41. The second-order valence-corrected chi connectivity index (χ2v) is 3.49. The summed E-state index contributed by atoms with van der Waals surface area (Å²) in [5, 5.41) is 17.1. The Morgan fingerprint density at radius 2 is 1.82 bits per heavy atom. The zero-order chi connectivity index (χ0) is 11.9. The summed E-state index contributed by atoms with van der Waals surface area (Å²) < 4.78 is 0. The van der Waals surface area contributed by atoms with Crippen LogP contribution in [0.2, 0.25) is 0 Å². The van der Waals surface area contributed by atoms with Gasteiger partial charge in [-0.05, 0) is 30.2 Å². The summed E-state index contributed by atoms with van der Waals surface area (Å²) in [6.45, 7) is 0.107. The Kier molecular flexibility index (Phi) is 3.94. The predicted molar refractivity (Wildman–Crippen MR) is 65.6 cm³/mol. The molecule has 86 valence electrons. The third kappa shape index (κ3) is 3.19. The second kappa shape index (κ2) is 5.86. The average Bonchev–Trinajstić information content (AvgIpc) is 2.39. The molecule has 0 unspecified atom stereocenters. The van der Waals surface area contributed by atoms with Crippen LogP contribution in [-0.2, 0) is 6.42 Å². The summed E-state index contributed by atoms with van der Waals surface area (Å²) in [5.74, 6) is 0.575. The van der Waals surface area contributed by atoms with E-state index in [0.717, 1.165) is 11.3 Å². The maximum Gasteiger partial charge on any atom is 0.174 e. The Hall–Kier alpha value is -2.07. The van der Waals surface area contributed by atoms with Crippen molar-refractivity contribution in [2.24, 2.45) is 10.2 Å². The molecule has 0 aliphatic carbocycles. The van der Waals surface area contributed by atoms with Gasteiger partial charge in [-0.25, -0.2) is 4.98 Å². The van der Waals surface area contributed by atoms with Gasteiger partial charge in [0.25, 0.3) is 0 Å². The lowest BCUT2D eigenvalue weighted by molar-refractivity contribution is 0.300. The smallest absolute Gasteiger partial charge is 0.174 e. The topological polar surface area (TPSA) is 57.8 Å². The fourth-order valence-electron chi connectivity index (χ4n) is 1.46. The van der Waals surface area contributed by atoms with Gasteiger partial charge in [-0.15, -0.1) is 10.2 Å². The van der Waals surface area contributed by atoms with Crippen molar-refractivity contribution in [3.8, 4) is 0 Å². The summed E-state index contributed by atoms with van der Waals surface area (Å²) in [5.41, 5.74) is 1.75. The number of hydrogen-bond donors (Lipinski definition) is 1. The molecule has 0 saturated carbocycles. The molecule has 2 rings (SSSR count).